The van der Waals surface area contributed by atoms with E-state index in [9.17, 15) is 0 Å². The fourth-order valence-corrected chi connectivity index (χ4v) is 1.44. The predicted octanol–water partition coefficient (Wildman–Crippen LogP) is 0.998. The Hall–Kier alpha value is -0.990. The van der Waals surface area contributed by atoms with Gasteiger partial charge in [0.2, 0.25) is 0 Å². The maximum Gasteiger partial charge on any atom is 0.0985 e. The Morgan fingerprint density at radius 1 is 1.55 bits per heavy atom. The summed E-state index contributed by atoms with van der Waals surface area (Å²) in [7, 11) is 0. The molecule has 1 heterocycles. The Morgan fingerprint density at radius 2 is 2.36 bits per heavy atom. The molecule has 1 rings (SSSR count). The second-order valence-electron chi connectivity index (χ2n) is 2.82. The van der Waals surface area contributed by atoms with Gasteiger partial charge < -0.3 is 0 Å². The lowest BCUT2D eigenvalue weighted by molar-refractivity contribution is 0.207. The molecule has 1 saturated heterocycles. The van der Waals surface area contributed by atoms with E-state index in [0.29, 0.717) is 6.54 Å². The summed E-state index contributed by atoms with van der Waals surface area (Å²) in [6, 6.07) is 2.34. The number of nitriles is 1. The highest BCUT2D eigenvalue weighted by Crippen LogP contribution is 2.14. The van der Waals surface area contributed by atoms with Crippen LogP contribution >= 0.6 is 0 Å². The largest absolute Gasteiger partial charge is 0.277 e. The second kappa shape index (κ2) is 4.01. The first-order chi connectivity index (χ1) is 5.38. The molecule has 0 aromatic rings. The van der Waals surface area contributed by atoms with E-state index < -0.39 is 0 Å². The SMILES string of the molecule is C#CCN1CCCCC1C#N. The Labute approximate surface area is 67.8 Å². The summed E-state index contributed by atoms with van der Waals surface area (Å²) in [5.41, 5.74) is 0. The van der Waals surface area contributed by atoms with Gasteiger partial charge in [-0.15, -0.1) is 6.42 Å². The van der Waals surface area contributed by atoms with Gasteiger partial charge >= 0.3 is 0 Å². The Bertz CT molecular complexity index is 197. The van der Waals surface area contributed by atoms with Gasteiger partial charge in [-0.25, -0.2) is 0 Å². The third-order valence-corrected chi connectivity index (χ3v) is 2.06. The van der Waals surface area contributed by atoms with E-state index in [0.717, 1.165) is 13.0 Å². The van der Waals surface area contributed by atoms with Crippen LogP contribution in [0.3, 0.4) is 0 Å². The van der Waals surface area contributed by atoms with Crippen LogP contribution in [-0.2, 0) is 0 Å². The highest BCUT2D eigenvalue weighted by Gasteiger charge is 2.20. The molecule has 0 spiro atoms. The number of hydrogen-bond acceptors (Lipinski definition) is 2. The first-order valence-electron chi connectivity index (χ1n) is 3.95. The van der Waals surface area contributed by atoms with Crippen molar-refractivity contribution in [3.05, 3.63) is 0 Å². The summed E-state index contributed by atoms with van der Waals surface area (Å²) in [4.78, 5) is 2.07. The predicted molar refractivity (Wildman–Crippen MR) is 43.7 cm³/mol. The van der Waals surface area contributed by atoms with Crippen molar-refractivity contribution < 1.29 is 0 Å². The van der Waals surface area contributed by atoms with Crippen molar-refractivity contribution in [2.45, 2.75) is 25.3 Å². The van der Waals surface area contributed by atoms with E-state index in [2.05, 4.69) is 16.9 Å². The first-order valence-corrected chi connectivity index (χ1v) is 3.95. The van der Waals surface area contributed by atoms with E-state index in [1.807, 2.05) is 0 Å². The van der Waals surface area contributed by atoms with Crippen molar-refractivity contribution in [3.8, 4) is 18.4 Å². The van der Waals surface area contributed by atoms with Crippen molar-refractivity contribution in [2.24, 2.45) is 0 Å². The third-order valence-electron chi connectivity index (χ3n) is 2.06. The quantitative estimate of drug-likeness (QED) is 0.519. The molecule has 58 valence electrons. The first kappa shape index (κ1) is 8.11. The maximum absolute atomic E-state index is 8.73. The lowest BCUT2D eigenvalue weighted by Gasteiger charge is -2.29. The molecule has 1 aliphatic heterocycles. The average molecular weight is 148 g/mol. The van der Waals surface area contributed by atoms with Gasteiger partial charge in [-0.2, -0.15) is 5.26 Å². The molecule has 0 aliphatic carbocycles. The smallest absolute Gasteiger partial charge is 0.0985 e. The van der Waals surface area contributed by atoms with E-state index in [4.69, 9.17) is 11.7 Å². The molecule has 0 bridgehead atoms. The molecule has 0 N–H and O–H groups in total. The van der Waals surface area contributed by atoms with Crippen molar-refractivity contribution in [2.75, 3.05) is 13.1 Å². The zero-order valence-corrected chi connectivity index (χ0v) is 6.58. The average Bonchev–Trinajstić information content (AvgIpc) is 2.06. The van der Waals surface area contributed by atoms with Gasteiger partial charge in [-0.05, 0) is 19.3 Å². The minimum Gasteiger partial charge on any atom is -0.277 e. The number of hydrogen-bond donors (Lipinski definition) is 0. The molecular weight excluding hydrogens is 136 g/mol. The van der Waals surface area contributed by atoms with Crippen LogP contribution in [0.4, 0.5) is 0 Å². The van der Waals surface area contributed by atoms with Crippen molar-refractivity contribution in [3.63, 3.8) is 0 Å². The Balaban J connectivity index is 2.47. The molecule has 1 fully saturated rings. The van der Waals surface area contributed by atoms with Crippen LogP contribution in [-0.4, -0.2) is 24.0 Å². The molecular formula is C9H12N2. The van der Waals surface area contributed by atoms with Gasteiger partial charge in [0.1, 0.15) is 0 Å². The Morgan fingerprint density at radius 3 is 3.00 bits per heavy atom. The van der Waals surface area contributed by atoms with Crippen LogP contribution in [0.25, 0.3) is 0 Å². The number of nitrogens with zero attached hydrogens (tertiary/aromatic N) is 2. The topological polar surface area (TPSA) is 27.0 Å². The maximum atomic E-state index is 8.73. The van der Waals surface area contributed by atoms with Gasteiger partial charge in [0, 0.05) is 6.54 Å². The summed E-state index contributed by atoms with van der Waals surface area (Å²) in [6.45, 7) is 1.61. The van der Waals surface area contributed by atoms with Gasteiger partial charge in [-0.1, -0.05) is 5.92 Å². The molecule has 2 nitrogen and oxygen atoms in total. The van der Waals surface area contributed by atoms with E-state index in [1.54, 1.807) is 0 Å². The highest BCUT2D eigenvalue weighted by molar-refractivity contribution is 4.99. The molecule has 11 heavy (non-hydrogen) atoms. The normalized spacial score (nSPS) is 25.5. The minimum absolute atomic E-state index is 0.0693. The monoisotopic (exact) mass is 148 g/mol. The minimum atomic E-state index is 0.0693. The zero-order chi connectivity index (χ0) is 8.10. The number of likely N-dealkylation sites (tertiary alicyclic amines) is 1. The summed E-state index contributed by atoms with van der Waals surface area (Å²) >= 11 is 0. The standard InChI is InChI=1S/C9H12N2/c1-2-6-11-7-4-3-5-9(11)8-10/h1,9H,3-7H2. The van der Waals surface area contributed by atoms with Gasteiger partial charge in [0.25, 0.3) is 0 Å². The second-order valence-corrected chi connectivity index (χ2v) is 2.82. The highest BCUT2D eigenvalue weighted by atomic mass is 15.2. The van der Waals surface area contributed by atoms with Crippen LogP contribution in [0, 0.1) is 23.7 Å². The molecule has 0 aromatic carbocycles. The summed E-state index contributed by atoms with van der Waals surface area (Å²) < 4.78 is 0. The molecule has 0 amide bonds. The Kier molecular flexibility index (Phi) is 2.95. The van der Waals surface area contributed by atoms with Crippen LogP contribution in [0.5, 0.6) is 0 Å². The van der Waals surface area contributed by atoms with E-state index >= 15 is 0 Å². The van der Waals surface area contributed by atoms with Crippen LogP contribution < -0.4 is 0 Å². The fraction of sp³-hybridized carbons (Fsp3) is 0.667. The molecule has 1 unspecified atom stereocenters. The summed E-state index contributed by atoms with van der Waals surface area (Å²) in [5, 5.41) is 8.73. The summed E-state index contributed by atoms with van der Waals surface area (Å²) in [6.07, 6.45) is 8.51. The molecule has 0 aromatic heterocycles. The molecule has 0 radical (unpaired) electrons. The molecule has 1 aliphatic rings. The lowest BCUT2D eigenvalue weighted by Crippen LogP contribution is -2.38. The van der Waals surface area contributed by atoms with E-state index in [-0.39, 0.29) is 6.04 Å². The molecule has 2 heteroatoms. The van der Waals surface area contributed by atoms with Gasteiger partial charge in [-0.3, -0.25) is 4.90 Å². The third kappa shape index (κ3) is 1.97. The van der Waals surface area contributed by atoms with Crippen molar-refractivity contribution in [1.82, 2.24) is 4.90 Å². The number of rotatable bonds is 1. The van der Waals surface area contributed by atoms with Crippen LogP contribution in [0.1, 0.15) is 19.3 Å². The number of piperidine rings is 1. The van der Waals surface area contributed by atoms with Crippen molar-refractivity contribution >= 4 is 0 Å². The summed E-state index contributed by atoms with van der Waals surface area (Å²) in [5.74, 6) is 2.58. The van der Waals surface area contributed by atoms with Crippen molar-refractivity contribution in [1.29, 1.82) is 5.26 Å². The fourth-order valence-electron chi connectivity index (χ4n) is 1.44. The van der Waals surface area contributed by atoms with E-state index in [1.165, 1.54) is 12.8 Å². The van der Waals surface area contributed by atoms with Gasteiger partial charge in [0.15, 0.2) is 0 Å². The van der Waals surface area contributed by atoms with Crippen LogP contribution in [0.15, 0.2) is 0 Å². The number of terminal acetylenes is 1. The van der Waals surface area contributed by atoms with Gasteiger partial charge in [0.05, 0.1) is 18.7 Å². The molecule has 1 atom stereocenters. The zero-order valence-electron chi connectivity index (χ0n) is 6.58. The molecule has 0 saturated carbocycles. The van der Waals surface area contributed by atoms with Crippen LogP contribution in [0.2, 0.25) is 0 Å². The lowest BCUT2D eigenvalue weighted by atomic mass is 10.0.